The number of benzene rings is 1. The van der Waals surface area contributed by atoms with Crippen LogP contribution in [0.4, 0.5) is 0 Å². The van der Waals surface area contributed by atoms with Gasteiger partial charge in [-0.05, 0) is 44.9 Å². The molecule has 0 amide bonds. The second-order valence-corrected chi connectivity index (χ2v) is 5.35. The largest absolute Gasteiger partial charge is 0.491 e. The van der Waals surface area contributed by atoms with E-state index in [0.717, 1.165) is 11.3 Å². The Morgan fingerprint density at radius 3 is 2.95 bits per heavy atom. The van der Waals surface area contributed by atoms with Gasteiger partial charge in [0, 0.05) is 11.6 Å². The highest BCUT2D eigenvalue weighted by atomic mass is 16.5. The predicted molar refractivity (Wildman–Crippen MR) is 75.4 cm³/mol. The van der Waals surface area contributed by atoms with E-state index in [2.05, 4.69) is 15.5 Å². The Kier molecular flexibility index (Phi) is 3.69. The van der Waals surface area contributed by atoms with Crippen molar-refractivity contribution in [2.75, 3.05) is 0 Å². The number of rotatable bonds is 6. The van der Waals surface area contributed by atoms with Crippen molar-refractivity contribution >= 4 is 0 Å². The van der Waals surface area contributed by atoms with Crippen LogP contribution in [-0.2, 0) is 6.54 Å². The van der Waals surface area contributed by atoms with Gasteiger partial charge in [-0.2, -0.15) is 0 Å². The average Bonchev–Trinajstić information content (AvgIpc) is 3.13. The Morgan fingerprint density at radius 1 is 1.35 bits per heavy atom. The van der Waals surface area contributed by atoms with Crippen molar-refractivity contribution in [2.24, 2.45) is 0 Å². The summed E-state index contributed by atoms with van der Waals surface area (Å²) in [7, 11) is 0. The average molecular weight is 273 g/mol. The topological polar surface area (TPSA) is 60.2 Å². The Labute approximate surface area is 118 Å². The van der Waals surface area contributed by atoms with Gasteiger partial charge >= 0.3 is 0 Å². The first-order chi connectivity index (χ1) is 9.70. The summed E-state index contributed by atoms with van der Waals surface area (Å²) in [6, 6.07) is 8.35. The van der Waals surface area contributed by atoms with Crippen LogP contribution in [0.2, 0.25) is 0 Å². The zero-order valence-corrected chi connectivity index (χ0v) is 11.8. The minimum atomic E-state index is 0.145. The molecule has 0 saturated heterocycles. The highest BCUT2D eigenvalue weighted by molar-refractivity contribution is 5.55. The van der Waals surface area contributed by atoms with E-state index in [1.807, 2.05) is 38.1 Å². The first kappa shape index (κ1) is 13.1. The molecule has 0 radical (unpaired) electrons. The summed E-state index contributed by atoms with van der Waals surface area (Å²) in [5, 5.41) is 11.5. The molecule has 1 N–H and O–H groups in total. The van der Waals surface area contributed by atoms with Crippen LogP contribution < -0.4 is 10.1 Å². The first-order valence-corrected chi connectivity index (χ1v) is 7.03. The van der Waals surface area contributed by atoms with Gasteiger partial charge in [0.2, 0.25) is 11.8 Å². The van der Waals surface area contributed by atoms with E-state index in [1.54, 1.807) is 0 Å². The molecule has 1 fully saturated rings. The minimum Gasteiger partial charge on any atom is -0.491 e. The summed E-state index contributed by atoms with van der Waals surface area (Å²) < 4.78 is 11.3. The van der Waals surface area contributed by atoms with Crippen molar-refractivity contribution in [3.8, 4) is 17.2 Å². The van der Waals surface area contributed by atoms with E-state index in [-0.39, 0.29) is 6.10 Å². The fraction of sp³-hybridized carbons (Fsp3) is 0.467. The van der Waals surface area contributed by atoms with Crippen LogP contribution in [0.5, 0.6) is 5.75 Å². The van der Waals surface area contributed by atoms with Crippen molar-refractivity contribution in [1.29, 1.82) is 0 Å². The smallest absolute Gasteiger partial charge is 0.247 e. The Balaban J connectivity index is 1.71. The van der Waals surface area contributed by atoms with Crippen LogP contribution in [-0.4, -0.2) is 22.3 Å². The second kappa shape index (κ2) is 5.63. The molecule has 20 heavy (non-hydrogen) atoms. The molecule has 1 aliphatic rings. The van der Waals surface area contributed by atoms with E-state index >= 15 is 0 Å². The van der Waals surface area contributed by atoms with Gasteiger partial charge in [-0.1, -0.05) is 6.07 Å². The Bertz CT molecular complexity index is 576. The van der Waals surface area contributed by atoms with Crippen LogP contribution in [0, 0.1) is 0 Å². The van der Waals surface area contributed by atoms with E-state index in [9.17, 15) is 0 Å². The monoisotopic (exact) mass is 273 g/mol. The Morgan fingerprint density at radius 2 is 2.20 bits per heavy atom. The van der Waals surface area contributed by atoms with Gasteiger partial charge in [0.1, 0.15) is 5.75 Å². The lowest BCUT2D eigenvalue weighted by Crippen LogP contribution is -2.15. The van der Waals surface area contributed by atoms with Crippen molar-refractivity contribution in [3.63, 3.8) is 0 Å². The second-order valence-electron chi connectivity index (χ2n) is 5.35. The van der Waals surface area contributed by atoms with Gasteiger partial charge in [-0.3, -0.25) is 0 Å². The minimum absolute atomic E-state index is 0.145. The van der Waals surface area contributed by atoms with E-state index in [0.29, 0.717) is 24.4 Å². The molecule has 1 saturated carbocycles. The maximum absolute atomic E-state index is 5.67. The molecule has 0 unspecified atom stereocenters. The molecule has 1 aliphatic carbocycles. The number of hydrogen-bond acceptors (Lipinski definition) is 5. The van der Waals surface area contributed by atoms with Crippen LogP contribution in [0.3, 0.4) is 0 Å². The fourth-order valence-electron chi connectivity index (χ4n) is 1.94. The van der Waals surface area contributed by atoms with Crippen molar-refractivity contribution in [1.82, 2.24) is 15.5 Å². The maximum atomic E-state index is 5.67. The first-order valence-electron chi connectivity index (χ1n) is 7.03. The summed E-state index contributed by atoms with van der Waals surface area (Å²) in [4.78, 5) is 0. The quantitative estimate of drug-likeness (QED) is 0.877. The van der Waals surface area contributed by atoms with Crippen LogP contribution in [0.15, 0.2) is 28.7 Å². The normalized spacial score (nSPS) is 14.8. The summed E-state index contributed by atoms with van der Waals surface area (Å²) in [6.45, 7) is 4.64. The maximum Gasteiger partial charge on any atom is 0.247 e. The molecule has 1 aromatic carbocycles. The van der Waals surface area contributed by atoms with Gasteiger partial charge in [-0.15, -0.1) is 10.2 Å². The predicted octanol–water partition coefficient (Wildman–Crippen LogP) is 2.78. The zero-order chi connectivity index (χ0) is 13.9. The van der Waals surface area contributed by atoms with Gasteiger partial charge in [0.15, 0.2) is 0 Å². The summed E-state index contributed by atoms with van der Waals surface area (Å²) in [5.74, 6) is 1.97. The molecule has 0 aliphatic heterocycles. The third-order valence-corrected chi connectivity index (χ3v) is 3.04. The van der Waals surface area contributed by atoms with Gasteiger partial charge in [0.25, 0.3) is 0 Å². The molecule has 5 heteroatoms. The molecule has 0 spiro atoms. The molecular weight excluding hydrogens is 254 g/mol. The molecule has 106 valence electrons. The SMILES string of the molecule is CC(C)Oc1cccc(-c2nnc(CNC3CC3)o2)c1. The zero-order valence-electron chi connectivity index (χ0n) is 11.8. The lowest BCUT2D eigenvalue weighted by molar-refractivity contribution is 0.242. The highest BCUT2D eigenvalue weighted by Crippen LogP contribution is 2.24. The van der Waals surface area contributed by atoms with Crippen molar-refractivity contribution < 1.29 is 9.15 Å². The van der Waals surface area contributed by atoms with Gasteiger partial charge < -0.3 is 14.5 Å². The molecule has 5 nitrogen and oxygen atoms in total. The number of hydrogen-bond donors (Lipinski definition) is 1. The standard InChI is InChI=1S/C15H19N3O2/c1-10(2)19-13-5-3-4-11(8-13)15-18-17-14(20-15)9-16-12-6-7-12/h3-5,8,10,12,16H,6-7,9H2,1-2H3. The number of nitrogens with zero attached hydrogens (tertiary/aromatic N) is 2. The van der Waals surface area contributed by atoms with E-state index < -0.39 is 0 Å². The molecule has 2 aromatic rings. The van der Waals surface area contributed by atoms with E-state index in [1.165, 1.54) is 12.8 Å². The number of nitrogens with one attached hydrogen (secondary N) is 1. The Hall–Kier alpha value is -1.88. The van der Waals surface area contributed by atoms with Gasteiger partial charge in [0.05, 0.1) is 12.6 Å². The van der Waals surface area contributed by atoms with Crippen LogP contribution in [0.1, 0.15) is 32.6 Å². The lowest BCUT2D eigenvalue weighted by Gasteiger charge is -2.09. The van der Waals surface area contributed by atoms with E-state index in [4.69, 9.17) is 9.15 Å². The molecule has 1 aromatic heterocycles. The fourth-order valence-corrected chi connectivity index (χ4v) is 1.94. The van der Waals surface area contributed by atoms with Gasteiger partial charge in [-0.25, -0.2) is 0 Å². The number of ether oxygens (including phenoxy) is 1. The summed E-state index contributed by atoms with van der Waals surface area (Å²) >= 11 is 0. The summed E-state index contributed by atoms with van der Waals surface area (Å²) in [6.07, 6.45) is 2.64. The van der Waals surface area contributed by atoms with Crippen LogP contribution >= 0.6 is 0 Å². The molecule has 0 bridgehead atoms. The van der Waals surface area contributed by atoms with Crippen molar-refractivity contribution in [3.05, 3.63) is 30.2 Å². The molecule has 0 atom stereocenters. The summed E-state index contributed by atoms with van der Waals surface area (Å²) in [5.41, 5.74) is 0.883. The number of aromatic nitrogens is 2. The molecular formula is C15H19N3O2. The van der Waals surface area contributed by atoms with Crippen molar-refractivity contribution in [2.45, 2.75) is 45.4 Å². The third kappa shape index (κ3) is 3.36. The lowest BCUT2D eigenvalue weighted by atomic mass is 10.2. The van der Waals surface area contributed by atoms with Crippen LogP contribution in [0.25, 0.3) is 11.5 Å². The third-order valence-electron chi connectivity index (χ3n) is 3.04. The molecule has 1 heterocycles. The highest BCUT2D eigenvalue weighted by Gasteiger charge is 2.21. The molecule has 3 rings (SSSR count).